The van der Waals surface area contributed by atoms with Crippen LogP contribution in [0, 0.1) is 6.92 Å². The Morgan fingerprint density at radius 2 is 1.87 bits per heavy atom. The molecule has 2 aromatic rings. The van der Waals surface area contributed by atoms with Crippen molar-refractivity contribution >= 4 is 44.0 Å². The van der Waals surface area contributed by atoms with Crippen molar-refractivity contribution in [1.82, 2.24) is 0 Å². The van der Waals surface area contributed by atoms with E-state index in [4.69, 9.17) is 0 Å². The molecule has 0 aliphatic rings. The summed E-state index contributed by atoms with van der Waals surface area (Å²) in [6.07, 6.45) is 1.27. The Kier molecular flexibility index (Phi) is 5.43. The Bertz CT molecular complexity index is 790. The number of hydrogen-bond donors (Lipinski definition) is 3. The van der Waals surface area contributed by atoms with Gasteiger partial charge in [-0.1, -0.05) is 24.3 Å². The van der Waals surface area contributed by atoms with Crippen LogP contribution in [0.4, 0.5) is 0 Å². The van der Waals surface area contributed by atoms with Gasteiger partial charge in [-0.25, -0.2) is 4.79 Å². The average molecular weight is 443 g/mol. The molecule has 0 spiro atoms. The van der Waals surface area contributed by atoms with Crippen LogP contribution in [-0.2, 0) is 4.79 Å². The largest absolute Gasteiger partial charge is 0.506 e. The first-order valence-electron chi connectivity index (χ1n) is 6.54. The number of hydrogen-bond acceptors (Lipinski definition) is 4. The molecular formula is C16H13Br2NO4. The lowest BCUT2D eigenvalue weighted by atomic mass is 10.0. The second-order valence-electron chi connectivity index (χ2n) is 4.83. The Balaban J connectivity index is 2.45. The maximum Gasteiger partial charge on any atom is 0.333 e. The molecule has 1 unspecified atom stereocenters. The summed E-state index contributed by atoms with van der Waals surface area (Å²) < 4.78 is 0.461. The standard InChI is InChI=1S/C16H13Br2NO4/c1-8-4-2-3-5-10(8)13(16(22)23)19-7-9-6-11(17)15(21)12(18)14(9)20/h2-7,13,20-21H,1H3,(H,22,23). The number of benzene rings is 2. The summed E-state index contributed by atoms with van der Waals surface area (Å²) in [7, 11) is 0. The maximum absolute atomic E-state index is 11.5. The highest BCUT2D eigenvalue weighted by molar-refractivity contribution is 9.11. The number of rotatable bonds is 4. The zero-order valence-corrected chi connectivity index (χ0v) is 15.2. The second-order valence-corrected chi connectivity index (χ2v) is 6.48. The molecule has 0 aliphatic carbocycles. The Hall–Kier alpha value is -1.86. The predicted octanol–water partition coefficient (Wildman–Crippen LogP) is 4.18. The van der Waals surface area contributed by atoms with Crippen LogP contribution in [0.15, 0.2) is 44.3 Å². The molecule has 0 saturated heterocycles. The number of carbonyl (C=O) groups is 1. The number of carboxylic acids is 1. The molecule has 1 atom stereocenters. The monoisotopic (exact) mass is 441 g/mol. The van der Waals surface area contributed by atoms with Gasteiger partial charge in [-0.15, -0.1) is 0 Å². The maximum atomic E-state index is 11.5. The van der Waals surface area contributed by atoms with E-state index in [0.717, 1.165) is 5.56 Å². The van der Waals surface area contributed by atoms with Gasteiger partial charge in [-0.3, -0.25) is 4.99 Å². The van der Waals surface area contributed by atoms with Gasteiger partial charge in [0.1, 0.15) is 16.0 Å². The molecule has 7 heteroatoms. The molecule has 0 radical (unpaired) electrons. The molecule has 5 nitrogen and oxygen atoms in total. The lowest BCUT2D eigenvalue weighted by Gasteiger charge is -2.11. The smallest absolute Gasteiger partial charge is 0.333 e. The van der Waals surface area contributed by atoms with Gasteiger partial charge in [0.05, 0.1) is 4.47 Å². The van der Waals surface area contributed by atoms with Crippen molar-refractivity contribution in [1.29, 1.82) is 0 Å². The SMILES string of the molecule is Cc1ccccc1C(N=Cc1cc(Br)c(O)c(Br)c1O)C(=O)O. The number of aromatic hydroxyl groups is 2. The molecule has 23 heavy (non-hydrogen) atoms. The summed E-state index contributed by atoms with van der Waals surface area (Å²) in [5.74, 6) is -1.45. The van der Waals surface area contributed by atoms with E-state index >= 15 is 0 Å². The van der Waals surface area contributed by atoms with Crippen molar-refractivity contribution in [2.24, 2.45) is 4.99 Å². The molecule has 0 amide bonds. The lowest BCUT2D eigenvalue weighted by Crippen LogP contribution is -2.11. The molecule has 2 rings (SSSR count). The van der Waals surface area contributed by atoms with Crippen LogP contribution in [0.3, 0.4) is 0 Å². The van der Waals surface area contributed by atoms with E-state index in [0.29, 0.717) is 10.0 Å². The Labute approximate surface area is 149 Å². The van der Waals surface area contributed by atoms with E-state index in [1.54, 1.807) is 12.1 Å². The van der Waals surface area contributed by atoms with E-state index < -0.39 is 12.0 Å². The number of halogens is 2. The second kappa shape index (κ2) is 7.14. The van der Waals surface area contributed by atoms with Crippen LogP contribution < -0.4 is 0 Å². The minimum absolute atomic E-state index is 0.107. The zero-order valence-electron chi connectivity index (χ0n) is 12.0. The predicted molar refractivity (Wildman–Crippen MR) is 94.3 cm³/mol. The number of nitrogens with zero attached hydrogens (tertiary/aromatic N) is 1. The Morgan fingerprint density at radius 1 is 1.22 bits per heavy atom. The van der Waals surface area contributed by atoms with Crippen molar-refractivity contribution in [2.45, 2.75) is 13.0 Å². The first-order chi connectivity index (χ1) is 10.8. The van der Waals surface area contributed by atoms with Gasteiger partial charge in [0.15, 0.2) is 6.04 Å². The van der Waals surface area contributed by atoms with E-state index in [1.807, 2.05) is 19.1 Å². The fourth-order valence-electron chi connectivity index (χ4n) is 2.04. The van der Waals surface area contributed by atoms with Crippen molar-refractivity contribution in [3.8, 4) is 11.5 Å². The number of phenols is 2. The number of aliphatic carboxylic acids is 1. The van der Waals surface area contributed by atoms with Gasteiger partial charge >= 0.3 is 5.97 Å². The van der Waals surface area contributed by atoms with Gasteiger partial charge in [0, 0.05) is 11.8 Å². The molecule has 0 aromatic heterocycles. The quantitative estimate of drug-likeness (QED) is 0.619. The summed E-state index contributed by atoms with van der Waals surface area (Å²) in [6, 6.07) is 7.46. The van der Waals surface area contributed by atoms with E-state index in [-0.39, 0.29) is 21.5 Å². The normalized spacial score (nSPS) is 12.5. The summed E-state index contributed by atoms with van der Waals surface area (Å²) in [5, 5.41) is 29.1. The lowest BCUT2D eigenvalue weighted by molar-refractivity contribution is -0.138. The third-order valence-electron chi connectivity index (χ3n) is 3.28. The molecule has 0 saturated carbocycles. The van der Waals surface area contributed by atoms with E-state index in [2.05, 4.69) is 36.9 Å². The van der Waals surface area contributed by atoms with Crippen LogP contribution in [0.2, 0.25) is 0 Å². The molecule has 3 N–H and O–H groups in total. The molecular weight excluding hydrogens is 430 g/mol. The van der Waals surface area contributed by atoms with Crippen molar-refractivity contribution in [3.05, 3.63) is 56.0 Å². The topological polar surface area (TPSA) is 90.1 Å². The number of phenolic OH excluding ortho intramolecular Hbond substituents is 2. The Morgan fingerprint density at radius 3 is 2.48 bits per heavy atom. The van der Waals surface area contributed by atoms with Gasteiger partial charge in [-0.2, -0.15) is 0 Å². The van der Waals surface area contributed by atoms with Gasteiger partial charge in [0.25, 0.3) is 0 Å². The average Bonchev–Trinajstić information content (AvgIpc) is 2.51. The summed E-state index contributed by atoms with van der Waals surface area (Å²) in [4.78, 5) is 15.6. The van der Waals surface area contributed by atoms with Crippen LogP contribution in [-0.4, -0.2) is 27.5 Å². The minimum Gasteiger partial charge on any atom is -0.506 e. The molecule has 0 bridgehead atoms. The minimum atomic E-state index is -1.09. The molecule has 0 fully saturated rings. The van der Waals surface area contributed by atoms with Crippen LogP contribution in [0.25, 0.3) is 0 Å². The van der Waals surface area contributed by atoms with Crippen molar-refractivity contribution < 1.29 is 20.1 Å². The summed E-state index contributed by atoms with van der Waals surface area (Å²) in [6.45, 7) is 1.81. The first-order valence-corrected chi connectivity index (χ1v) is 8.13. The van der Waals surface area contributed by atoms with Gasteiger partial charge in [-0.05, 0) is 56.0 Å². The fraction of sp³-hybridized carbons (Fsp3) is 0.125. The highest BCUT2D eigenvalue weighted by Crippen LogP contribution is 2.40. The van der Waals surface area contributed by atoms with Crippen molar-refractivity contribution in [2.75, 3.05) is 0 Å². The molecule has 0 heterocycles. The summed E-state index contributed by atoms with van der Waals surface area (Å²) >= 11 is 6.22. The summed E-state index contributed by atoms with van der Waals surface area (Å²) in [5.41, 5.74) is 1.67. The highest BCUT2D eigenvalue weighted by atomic mass is 79.9. The first kappa shape index (κ1) is 17.5. The number of carboxylic acid groups (broad SMARTS) is 1. The highest BCUT2D eigenvalue weighted by Gasteiger charge is 2.20. The fourth-order valence-corrected chi connectivity index (χ4v) is 3.19. The zero-order chi connectivity index (χ0) is 17.1. The molecule has 0 aliphatic heterocycles. The number of aryl methyl sites for hydroxylation is 1. The van der Waals surface area contributed by atoms with E-state index in [9.17, 15) is 20.1 Å². The number of aliphatic imine (C=N–C) groups is 1. The van der Waals surface area contributed by atoms with Crippen LogP contribution in [0.1, 0.15) is 22.7 Å². The third-order valence-corrected chi connectivity index (χ3v) is 4.63. The van der Waals surface area contributed by atoms with Crippen LogP contribution in [0.5, 0.6) is 11.5 Å². The third kappa shape index (κ3) is 3.73. The molecule has 2 aromatic carbocycles. The van der Waals surface area contributed by atoms with Gasteiger partial charge < -0.3 is 15.3 Å². The van der Waals surface area contributed by atoms with E-state index in [1.165, 1.54) is 12.3 Å². The van der Waals surface area contributed by atoms with Crippen LogP contribution >= 0.6 is 31.9 Å². The van der Waals surface area contributed by atoms with Crippen molar-refractivity contribution in [3.63, 3.8) is 0 Å². The van der Waals surface area contributed by atoms with Gasteiger partial charge in [0.2, 0.25) is 0 Å². The molecule has 120 valence electrons.